The Morgan fingerprint density at radius 2 is 1.44 bits per heavy atom. The van der Waals surface area contributed by atoms with Gasteiger partial charge in [-0.05, 0) is 12.1 Å². The van der Waals surface area contributed by atoms with E-state index in [2.05, 4.69) is 9.97 Å². The van der Waals surface area contributed by atoms with Gasteiger partial charge in [-0.3, -0.25) is 0 Å². The summed E-state index contributed by atoms with van der Waals surface area (Å²) in [6.07, 6.45) is 0. The monoisotopic (exact) mass is 373 g/mol. The number of nitrogens with zero attached hydrogens (tertiary/aromatic N) is 5. The first-order valence-corrected chi connectivity index (χ1v) is 7.99. The number of hydrogen-bond acceptors (Lipinski definition) is 7. The summed E-state index contributed by atoms with van der Waals surface area (Å²) in [4.78, 5) is 7.96. The maximum atomic E-state index is 14.0. The molecule has 0 spiro atoms. The van der Waals surface area contributed by atoms with E-state index in [4.69, 9.17) is 10.5 Å². The fraction of sp³-hybridized carbons (Fsp3) is 0. The van der Waals surface area contributed by atoms with E-state index in [1.54, 1.807) is 18.2 Å². The molecule has 0 radical (unpaired) electrons. The van der Waals surface area contributed by atoms with Crippen molar-refractivity contribution in [2.75, 3.05) is 0 Å². The number of fused-ring (bicyclic) bond motifs is 1. The van der Waals surface area contributed by atoms with E-state index < -0.39 is 23.0 Å². The zero-order chi connectivity index (χ0) is 18.1. The molecule has 0 aliphatic carbocycles. The Kier molecular flexibility index (Phi) is 4.37. The Morgan fingerprint density at radius 3 is 1.92 bits per heavy atom. The second kappa shape index (κ2) is 6.48. The van der Waals surface area contributed by atoms with Crippen LogP contribution in [0.15, 0.2) is 26.4 Å². The summed E-state index contributed by atoms with van der Waals surface area (Å²) in [5, 5.41) is 27.8. The lowest BCUT2D eigenvalue weighted by Crippen LogP contribution is -1.97. The Bertz CT molecular complexity index is 1030. The summed E-state index contributed by atoms with van der Waals surface area (Å²) in [7, 11) is 0. The van der Waals surface area contributed by atoms with Crippen molar-refractivity contribution in [2.24, 2.45) is 0 Å². The first-order valence-electron chi connectivity index (χ1n) is 6.36. The minimum absolute atomic E-state index is 0.173. The number of allylic oxidation sites excluding steroid dienone is 1. The van der Waals surface area contributed by atoms with Crippen LogP contribution in [0.1, 0.15) is 17.0 Å². The van der Waals surface area contributed by atoms with Gasteiger partial charge in [0.25, 0.3) is 0 Å². The van der Waals surface area contributed by atoms with Gasteiger partial charge < -0.3 is 0 Å². The molecule has 1 aliphatic heterocycles. The Hall–Kier alpha value is -3.00. The normalized spacial score (nSPS) is 12.1. The van der Waals surface area contributed by atoms with Crippen LogP contribution in [0.25, 0.3) is 5.57 Å². The summed E-state index contributed by atoms with van der Waals surface area (Å²) < 4.78 is 40.7. The van der Waals surface area contributed by atoms with Crippen molar-refractivity contribution in [2.45, 2.75) is 10.1 Å². The van der Waals surface area contributed by atoms with E-state index in [1.165, 1.54) is 0 Å². The van der Waals surface area contributed by atoms with Crippen LogP contribution in [-0.4, -0.2) is 9.97 Å². The van der Waals surface area contributed by atoms with Gasteiger partial charge in [-0.1, -0.05) is 23.5 Å². The van der Waals surface area contributed by atoms with Crippen molar-refractivity contribution >= 4 is 29.1 Å². The molecule has 0 unspecified atom stereocenters. The number of hydrogen-bond donors (Lipinski definition) is 0. The third-order valence-corrected chi connectivity index (χ3v) is 5.41. The molecule has 2 heterocycles. The second-order valence-corrected chi connectivity index (χ2v) is 6.71. The molecule has 120 valence electrons. The van der Waals surface area contributed by atoms with Crippen molar-refractivity contribution in [3.63, 3.8) is 0 Å². The van der Waals surface area contributed by atoms with E-state index >= 15 is 0 Å². The van der Waals surface area contributed by atoms with Crippen LogP contribution in [0.2, 0.25) is 0 Å². The van der Waals surface area contributed by atoms with Gasteiger partial charge in [0.1, 0.15) is 28.3 Å². The van der Waals surface area contributed by atoms with Crippen molar-refractivity contribution in [3.8, 4) is 18.2 Å². The first kappa shape index (κ1) is 16.8. The third kappa shape index (κ3) is 2.80. The standard InChI is InChI=1S/C15H2F3N5S2/c16-8-2-1-6(11(17)12(8)18)7(3-19)15-24-13-14(25-15)23-10(5-21)9(4-20)22-13/h1-2H. The number of rotatable bonds is 1. The summed E-state index contributed by atoms with van der Waals surface area (Å²) in [6, 6.07) is 6.93. The average molecular weight is 373 g/mol. The highest BCUT2D eigenvalue weighted by Gasteiger charge is 2.28. The summed E-state index contributed by atoms with van der Waals surface area (Å²) in [5.74, 6) is -4.51. The highest BCUT2D eigenvalue weighted by Crippen LogP contribution is 2.52. The largest absolute Gasteiger partial charge is 0.224 e. The molecule has 0 fully saturated rings. The Balaban J connectivity index is 2.13. The SMILES string of the molecule is N#CC(=C1Sc2nc(C#N)c(C#N)nc2S1)c1ccc(F)c(F)c1F. The Morgan fingerprint density at radius 1 is 0.880 bits per heavy atom. The van der Waals surface area contributed by atoms with Gasteiger partial charge in [0.15, 0.2) is 28.8 Å². The Labute approximate surface area is 147 Å². The fourth-order valence-electron chi connectivity index (χ4n) is 1.93. The molecular weight excluding hydrogens is 371 g/mol. The quantitative estimate of drug-likeness (QED) is 0.555. The number of aromatic nitrogens is 2. The fourth-order valence-corrected chi connectivity index (χ4v) is 4.22. The van der Waals surface area contributed by atoms with E-state index in [0.717, 1.165) is 35.7 Å². The van der Waals surface area contributed by atoms with Crippen molar-refractivity contribution in [1.82, 2.24) is 9.97 Å². The minimum atomic E-state index is -1.67. The highest BCUT2D eigenvalue weighted by atomic mass is 32.2. The highest BCUT2D eigenvalue weighted by molar-refractivity contribution is 8.24. The second-order valence-electron chi connectivity index (χ2n) is 4.46. The predicted molar refractivity (Wildman–Crippen MR) is 82.0 cm³/mol. The van der Waals surface area contributed by atoms with E-state index in [0.29, 0.717) is 0 Å². The minimum Gasteiger partial charge on any atom is -0.224 e. The van der Waals surface area contributed by atoms with Gasteiger partial charge in [0, 0.05) is 5.56 Å². The maximum Gasteiger partial charge on any atom is 0.195 e. The van der Waals surface area contributed by atoms with E-state index in [-0.39, 0.29) is 31.3 Å². The molecule has 0 amide bonds. The number of benzene rings is 1. The van der Waals surface area contributed by atoms with Crippen molar-refractivity contribution in [1.29, 1.82) is 15.8 Å². The van der Waals surface area contributed by atoms with Crippen LogP contribution in [0, 0.1) is 51.4 Å². The van der Waals surface area contributed by atoms with Crippen LogP contribution in [0.4, 0.5) is 13.2 Å². The zero-order valence-corrected chi connectivity index (χ0v) is 13.5. The van der Waals surface area contributed by atoms with Gasteiger partial charge in [0.2, 0.25) is 0 Å². The maximum absolute atomic E-state index is 14.0. The smallest absolute Gasteiger partial charge is 0.195 e. The summed E-state index contributed by atoms with van der Waals surface area (Å²) in [5.41, 5.74) is -0.963. The number of nitriles is 3. The molecule has 1 aromatic heterocycles. The molecule has 0 N–H and O–H groups in total. The lowest BCUT2D eigenvalue weighted by molar-refractivity contribution is 0.446. The molecule has 0 bridgehead atoms. The molecule has 0 saturated carbocycles. The molecule has 1 aliphatic rings. The predicted octanol–water partition coefficient (Wildman–Crippen LogP) is 3.73. The summed E-state index contributed by atoms with van der Waals surface area (Å²) in [6.45, 7) is 0. The zero-order valence-electron chi connectivity index (χ0n) is 11.8. The van der Waals surface area contributed by atoms with Crippen LogP contribution < -0.4 is 0 Å². The van der Waals surface area contributed by atoms with Crippen LogP contribution >= 0.6 is 23.5 Å². The molecule has 1 aromatic carbocycles. The number of thioether (sulfide) groups is 2. The molecule has 5 nitrogen and oxygen atoms in total. The lowest BCUT2D eigenvalue weighted by Gasteiger charge is -2.05. The van der Waals surface area contributed by atoms with Gasteiger partial charge >= 0.3 is 0 Å². The van der Waals surface area contributed by atoms with E-state index in [1.807, 2.05) is 0 Å². The lowest BCUT2D eigenvalue weighted by atomic mass is 10.1. The first-order chi connectivity index (χ1) is 12.0. The molecule has 3 rings (SSSR count). The number of halogens is 3. The van der Waals surface area contributed by atoms with Crippen molar-refractivity contribution < 1.29 is 13.2 Å². The van der Waals surface area contributed by atoms with Crippen molar-refractivity contribution in [3.05, 3.63) is 50.8 Å². The van der Waals surface area contributed by atoms with Crippen LogP contribution in [-0.2, 0) is 0 Å². The van der Waals surface area contributed by atoms with Gasteiger partial charge in [-0.2, -0.15) is 15.8 Å². The van der Waals surface area contributed by atoms with Gasteiger partial charge in [-0.25, -0.2) is 23.1 Å². The topological polar surface area (TPSA) is 97.1 Å². The molecule has 0 atom stereocenters. The molecule has 0 saturated heterocycles. The summed E-state index contributed by atoms with van der Waals surface area (Å²) >= 11 is 1.87. The average Bonchev–Trinajstić information content (AvgIpc) is 3.03. The molecule has 2 aromatic rings. The molecular formula is C15H2F3N5S2. The van der Waals surface area contributed by atoms with Crippen LogP contribution in [0.5, 0.6) is 0 Å². The molecule has 10 heteroatoms. The van der Waals surface area contributed by atoms with Gasteiger partial charge in [-0.15, -0.1) is 0 Å². The van der Waals surface area contributed by atoms with Crippen LogP contribution in [0.3, 0.4) is 0 Å². The third-order valence-electron chi connectivity index (χ3n) is 3.04. The molecule has 25 heavy (non-hydrogen) atoms. The van der Waals surface area contributed by atoms with Gasteiger partial charge in [0.05, 0.1) is 9.81 Å². The van der Waals surface area contributed by atoms with E-state index in [9.17, 15) is 18.4 Å².